The highest BCUT2D eigenvalue weighted by molar-refractivity contribution is 14.1. The van der Waals surface area contributed by atoms with E-state index in [1.54, 1.807) is 55.6 Å². The smallest absolute Gasteiger partial charge is 0.257 e. The maximum atomic E-state index is 12.4. The minimum atomic E-state index is -0.319. The largest absolute Gasteiger partial charge is 0.496 e. The molecule has 0 fully saturated rings. The molecule has 0 spiro atoms. The Morgan fingerprint density at radius 2 is 1.52 bits per heavy atom. The van der Waals surface area contributed by atoms with Gasteiger partial charge in [0.1, 0.15) is 5.75 Å². The van der Waals surface area contributed by atoms with Crippen LogP contribution in [-0.2, 0) is 0 Å². The summed E-state index contributed by atoms with van der Waals surface area (Å²) in [5.41, 5.74) is 3.43. The van der Waals surface area contributed by atoms with Gasteiger partial charge in [-0.25, -0.2) is 0 Å². The molecule has 3 aromatic carbocycles. The van der Waals surface area contributed by atoms with Crippen LogP contribution in [0.5, 0.6) is 5.75 Å². The topological polar surface area (TPSA) is 79.5 Å². The van der Waals surface area contributed by atoms with E-state index in [4.69, 9.17) is 17.0 Å². The lowest BCUT2D eigenvalue weighted by atomic mass is 10.1. The predicted octanol–water partition coefficient (Wildman–Crippen LogP) is 4.99. The van der Waals surface area contributed by atoms with Crippen molar-refractivity contribution in [1.29, 1.82) is 0 Å². The molecule has 0 unspecified atom stereocenters. The van der Waals surface area contributed by atoms with Crippen molar-refractivity contribution in [3.8, 4) is 5.75 Å². The van der Waals surface area contributed by atoms with Gasteiger partial charge in [0, 0.05) is 22.5 Å². The zero-order valence-corrected chi connectivity index (χ0v) is 19.8. The lowest BCUT2D eigenvalue weighted by Gasteiger charge is -2.11. The van der Waals surface area contributed by atoms with Crippen LogP contribution in [0.3, 0.4) is 0 Å². The van der Waals surface area contributed by atoms with Gasteiger partial charge in [0.2, 0.25) is 0 Å². The molecule has 0 aliphatic rings. The van der Waals surface area contributed by atoms with E-state index < -0.39 is 0 Å². The van der Waals surface area contributed by atoms with Crippen molar-refractivity contribution in [3.05, 3.63) is 87.0 Å². The Morgan fingerprint density at radius 1 is 0.871 bits per heavy atom. The standard InChI is InChI=1S/C23H20IN3O3S/c1-14-4-3-5-15(12-14)21(28)25-17-7-9-18(10-8-17)26-23(31)27-22(29)16-6-11-20(30-2)19(24)13-16/h3-13H,1-2H3,(H,25,28)(H2,26,27,29,31). The minimum Gasteiger partial charge on any atom is -0.496 e. The van der Waals surface area contributed by atoms with Crippen molar-refractivity contribution in [1.82, 2.24) is 5.32 Å². The lowest BCUT2D eigenvalue weighted by molar-refractivity contribution is 0.0976. The van der Waals surface area contributed by atoms with Gasteiger partial charge < -0.3 is 15.4 Å². The van der Waals surface area contributed by atoms with Gasteiger partial charge in [-0.05, 0) is 96.3 Å². The summed E-state index contributed by atoms with van der Waals surface area (Å²) in [4.78, 5) is 24.7. The molecule has 31 heavy (non-hydrogen) atoms. The first-order valence-electron chi connectivity index (χ1n) is 9.29. The fraction of sp³-hybridized carbons (Fsp3) is 0.0870. The van der Waals surface area contributed by atoms with Gasteiger partial charge in [-0.2, -0.15) is 0 Å². The Bertz CT molecular complexity index is 1130. The fourth-order valence-corrected chi connectivity index (χ4v) is 3.72. The van der Waals surface area contributed by atoms with Gasteiger partial charge in [-0.15, -0.1) is 0 Å². The van der Waals surface area contributed by atoms with E-state index >= 15 is 0 Å². The van der Waals surface area contributed by atoms with Crippen molar-refractivity contribution in [2.24, 2.45) is 0 Å². The van der Waals surface area contributed by atoms with Crippen LogP contribution in [0.1, 0.15) is 26.3 Å². The monoisotopic (exact) mass is 545 g/mol. The first kappa shape index (κ1) is 22.7. The molecule has 0 radical (unpaired) electrons. The summed E-state index contributed by atoms with van der Waals surface area (Å²) in [6, 6.07) is 19.6. The molecule has 3 rings (SSSR count). The van der Waals surface area contributed by atoms with Crippen LogP contribution in [0.25, 0.3) is 0 Å². The SMILES string of the molecule is COc1ccc(C(=O)NC(=S)Nc2ccc(NC(=O)c3cccc(C)c3)cc2)cc1I. The zero-order chi connectivity index (χ0) is 22.4. The number of ether oxygens (including phenoxy) is 1. The molecule has 0 heterocycles. The zero-order valence-electron chi connectivity index (χ0n) is 16.9. The van der Waals surface area contributed by atoms with Gasteiger partial charge in [-0.1, -0.05) is 17.7 Å². The number of carbonyl (C=O) groups is 2. The van der Waals surface area contributed by atoms with Crippen LogP contribution in [0, 0.1) is 10.5 Å². The first-order chi connectivity index (χ1) is 14.9. The average Bonchev–Trinajstić information content (AvgIpc) is 2.75. The molecule has 0 saturated heterocycles. The average molecular weight is 545 g/mol. The Morgan fingerprint density at radius 3 is 2.13 bits per heavy atom. The van der Waals surface area contributed by atoms with E-state index in [1.807, 2.05) is 25.1 Å². The quantitative estimate of drug-likeness (QED) is 0.311. The number of hydrogen-bond donors (Lipinski definition) is 3. The molecular weight excluding hydrogens is 525 g/mol. The third kappa shape index (κ3) is 6.25. The van der Waals surface area contributed by atoms with Crippen LogP contribution < -0.4 is 20.7 Å². The number of hydrogen-bond acceptors (Lipinski definition) is 4. The number of halogens is 1. The lowest BCUT2D eigenvalue weighted by Crippen LogP contribution is -2.34. The Hall–Kier alpha value is -2.98. The molecular formula is C23H20IN3O3S. The molecule has 0 aromatic heterocycles. The second-order valence-corrected chi connectivity index (χ2v) is 8.23. The molecule has 158 valence electrons. The normalized spacial score (nSPS) is 10.2. The van der Waals surface area contributed by atoms with Crippen molar-refractivity contribution >= 4 is 63.1 Å². The van der Waals surface area contributed by atoms with Crippen molar-refractivity contribution in [2.75, 3.05) is 17.7 Å². The molecule has 0 saturated carbocycles. The Kier molecular flexibility index (Phi) is 7.59. The van der Waals surface area contributed by atoms with E-state index in [1.165, 1.54) is 0 Å². The number of anilines is 2. The summed E-state index contributed by atoms with van der Waals surface area (Å²) in [6.07, 6.45) is 0. The molecule has 2 amide bonds. The third-order valence-electron chi connectivity index (χ3n) is 4.32. The summed E-state index contributed by atoms with van der Waals surface area (Å²) >= 11 is 7.34. The first-order valence-corrected chi connectivity index (χ1v) is 10.8. The molecule has 0 atom stereocenters. The highest BCUT2D eigenvalue weighted by Gasteiger charge is 2.11. The third-order valence-corrected chi connectivity index (χ3v) is 5.37. The van der Waals surface area contributed by atoms with Crippen LogP contribution in [0.4, 0.5) is 11.4 Å². The second kappa shape index (κ2) is 10.4. The number of benzene rings is 3. The molecule has 0 aliphatic heterocycles. The molecule has 6 nitrogen and oxygen atoms in total. The van der Waals surface area contributed by atoms with Gasteiger partial charge in [-0.3, -0.25) is 14.9 Å². The molecule has 0 bridgehead atoms. The number of methoxy groups -OCH3 is 1. The predicted molar refractivity (Wildman–Crippen MR) is 135 cm³/mol. The van der Waals surface area contributed by atoms with Gasteiger partial charge in [0.05, 0.1) is 10.7 Å². The van der Waals surface area contributed by atoms with Crippen LogP contribution in [-0.4, -0.2) is 24.0 Å². The summed E-state index contributed by atoms with van der Waals surface area (Å²) < 4.78 is 6.03. The van der Waals surface area contributed by atoms with Crippen LogP contribution >= 0.6 is 34.8 Å². The van der Waals surface area contributed by atoms with Crippen molar-refractivity contribution < 1.29 is 14.3 Å². The number of amides is 2. The summed E-state index contributed by atoms with van der Waals surface area (Å²) in [5, 5.41) is 8.64. The minimum absolute atomic E-state index is 0.173. The van der Waals surface area contributed by atoms with E-state index in [0.29, 0.717) is 28.3 Å². The Labute approximate surface area is 199 Å². The molecule has 0 aliphatic carbocycles. The summed E-state index contributed by atoms with van der Waals surface area (Å²) in [6.45, 7) is 1.94. The summed E-state index contributed by atoms with van der Waals surface area (Å²) in [7, 11) is 1.58. The van der Waals surface area contributed by atoms with Crippen molar-refractivity contribution in [2.45, 2.75) is 6.92 Å². The molecule has 3 N–H and O–H groups in total. The molecule has 8 heteroatoms. The number of carbonyl (C=O) groups excluding carboxylic acids is 2. The molecule has 3 aromatic rings. The van der Waals surface area contributed by atoms with Crippen LogP contribution in [0.2, 0.25) is 0 Å². The maximum absolute atomic E-state index is 12.4. The highest BCUT2D eigenvalue weighted by atomic mass is 127. The maximum Gasteiger partial charge on any atom is 0.257 e. The van der Waals surface area contributed by atoms with E-state index in [2.05, 4.69) is 38.5 Å². The van der Waals surface area contributed by atoms with Gasteiger partial charge >= 0.3 is 0 Å². The van der Waals surface area contributed by atoms with E-state index in [9.17, 15) is 9.59 Å². The van der Waals surface area contributed by atoms with E-state index in [-0.39, 0.29) is 16.9 Å². The number of nitrogens with one attached hydrogen (secondary N) is 3. The fourth-order valence-electron chi connectivity index (χ4n) is 2.77. The second-order valence-electron chi connectivity index (χ2n) is 6.66. The highest BCUT2D eigenvalue weighted by Crippen LogP contribution is 2.21. The summed E-state index contributed by atoms with van der Waals surface area (Å²) in [5.74, 6) is 0.203. The Balaban J connectivity index is 1.56. The van der Waals surface area contributed by atoms with Crippen LogP contribution in [0.15, 0.2) is 66.7 Å². The number of aryl methyl sites for hydroxylation is 1. The van der Waals surface area contributed by atoms with Gasteiger partial charge in [0.25, 0.3) is 11.8 Å². The number of thiocarbonyl (C=S) groups is 1. The van der Waals surface area contributed by atoms with Gasteiger partial charge in [0.15, 0.2) is 5.11 Å². The number of rotatable bonds is 5. The van der Waals surface area contributed by atoms with Crippen molar-refractivity contribution in [3.63, 3.8) is 0 Å². The van der Waals surface area contributed by atoms with E-state index in [0.717, 1.165) is 9.13 Å².